The van der Waals surface area contributed by atoms with E-state index < -0.39 is 0 Å². The summed E-state index contributed by atoms with van der Waals surface area (Å²) in [6, 6.07) is 18.8. The average molecular weight is 334 g/mol. The van der Waals surface area contributed by atoms with Crippen LogP contribution in [-0.4, -0.2) is 11.6 Å². The van der Waals surface area contributed by atoms with Gasteiger partial charge in [0.1, 0.15) is 0 Å². The monoisotopic (exact) mass is 333 g/mol. The van der Waals surface area contributed by atoms with Gasteiger partial charge >= 0.3 is 0 Å². The molecule has 0 bridgehead atoms. The lowest BCUT2D eigenvalue weighted by Gasteiger charge is -2.48. The molecular weight excluding hydrogens is 302 g/mol. The summed E-state index contributed by atoms with van der Waals surface area (Å²) < 4.78 is 0. The number of benzene rings is 2. The third kappa shape index (κ3) is 2.99. The van der Waals surface area contributed by atoms with Gasteiger partial charge in [0.25, 0.3) is 0 Å². The molecule has 2 aromatic carbocycles. The second-order valence-electron chi connectivity index (χ2n) is 8.15. The van der Waals surface area contributed by atoms with Crippen molar-refractivity contribution < 1.29 is 0 Å². The molecule has 4 rings (SSSR count). The normalized spacial score (nSPS) is 24.9. The predicted molar refractivity (Wildman–Crippen MR) is 107 cm³/mol. The van der Waals surface area contributed by atoms with Crippen molar-refractivity contribution in [2.75, 3.05) is 4.90 Å². The molecule has 0 saturated carbocycles. The number of hydrogen-bond acceptors (Lipinski definition) is 1. The van der Waals surface area contributed by atoms with Crippen LogP contribution in [0.1, 0.15) is 62.1 Å². The molecule has 0 aromatic heterocycles. The van der Waals surface area contributed by atoms with Crippen molar-refractivity contribution in [3.05, 3.63) is 65.2 Å². The highest BCUT2D eigenvalue weighted by molar-refractivity contribution is 5.60. The van der Waals surface area contributed by atoms with Crippen LogP contribution < -0.4 is 4.90 Å². The molecule has 25 heavy (non-hydrogen) atoms. The number of para-hydroxylation sites is 1. The Balaban J connectivity index is 1.69. The molecule has 0 N–H and O–H groups in total. The summed E-state index contributed by atoms with van der Waals surface area (Å²) in [5.74, 6) is 0. The van der Waals surface area contributed by atoms with Crippen molar-refractivity contribution in [2.45, 2.75) is 76.8 Å². The smallest absolute Gasteiger partial charge is 0.0409 e. The topological polar surface area (TPSA) is 3.24 Å². The SMILES string of the molecule is CCCC[C@]12CCc3ccccc3N1[C@H](Cc1ccccc1C)CC2. The predicted octanol–water partition coefficient (Wildman–Crippen LogP) is 6.08. The van der Waals surface area contributed by atoms with Gasteiger partial charge in [0.05, 0.1) is 0 Å². The van der Waals surface area contributed by atoms with Gasteiger partial charge in [-0.05, 0) is 68.2 Å². The lowest BCUT2D eigenvalue weighted by molar-refractivity contribution is 0.335. The van der Waals surface area contributed by atoms with E-state index in [2.05, 4.69) is 67.3 Å². The Kier molecular flexibility index (Phi) is 4.58. The standard InChI is InChI=1S/C24H31N/c1-3-4-15-24-16-13-20-10-7-8-12-23(20)25(24)22(14-17-24)18-21-11-6-5-9-19(21)2/h5-12,22H,3-4,13-18H2,1-2H3/t22-,24+/m0/s1. The van der Waals surface area contributed by atoms with E-state index in [9.17, 15) is 0 Å². The minimum atomic E-state index is 0.414. The first-order valence-corrected chi connectivity index (χ1v) is 10.2. The molecule has 0 unspecified atom stereocenters. The zero-order valence-electron chi connectivity index (χ0n) is 15.8. The maximum Gasteiger partial charge on any atom is 0.0409 e. The lowest BCUT2D eigenvalue weighted by atomic mass is 9.80. The summed E-state index contributed by atoms with van der Waals surface area (Å²) in [7, 11) is 0. The number of aryl methyl sites for hydroxylation is 2. The van der Waals surface area contributed by atoms with Gasteiger partial charge in [0, 0.05) is 17.3 Å². The molecule has 2 aromatic rings. The molecular formula is C24H31N. The molecule has 0 aliphatic carbocycles. The Hall–Kier alpha value is -1.76. The largest absolute Gasteiger partial charge is 0.362 e. The van der Waals surface area contributed by atoms with E-state index in [0.717, 1.165) is 0 Å². The molecule has 2 atom stereocenters. The summed E-state index contributed by atoms with van der Waals surface area (Å²) in [6.45, 7) is 4.59. The third-order valence-corrected chi connectivity index (χ3v) is 6.64. The summed E-state index contributed by atoms with van der Waals surface area (Å²) in [4.78, 5) is 2.87. The first-order chi connectivity index (χ1) is 12.2. The van der Waals surface area contributed by atoms with E-state index in [1.165, 1.54) is 68.2 Å². The van der Waals surface area contributed by atoms with Crippen molar-refractivity contribution in [1.29, 1.82) is 0 Å². The van der Waals surface area contributed by atoms with E-state index >= 15 is 0 Å². The van der Waals surface area contributed by atoms with Crippen molar-refractivity contribution in [2.24, 2.45) is 0 Å². The van der Waals surface area contributed by atoms with Crippen LogP contribution in [0.3, 0.4) is 0 Å². The summed E-state index contributed by atoms with van der Waals surface area (Å²) in [5, 5.41) is 0. The van der Waals surface area contributed by atoms with Crippen LogP contribution in [0.5, 0.6) is 0 Å². The van der Waals surface area contributed by atoms with E-state index in [-0.39, 0.29) is 0 Å². The van der Waals surface area contributed by atoms with Crippen molar-refractivity contribution in [3.63, 3.8) is 0 Å². The van der Waals surface area contributed by atoms with Gasteiger partial charge < -0.3 is 4.90 Å². The Bertz CT molecular complexity index is 734. The summed E-state index contributed by atoms with van der Waals surface area (Å²) >= 11 is 0. The van der Waals surface area contributed by atoms with E-state index in [4.69, 9.17) is 0 Å². The van der Waals surface area contributed by atoms with Crippen LogP contribution >= 0.6 is 0 Å². The molecule has 0 spiro atoms. The molecule has 2 aliphatic rings. The summed E-state index contributed by atoms with van der Waals surface area (Å²) in [5.41, 5.74) is 6.48. The number of nitrogens with zero attached hydrogens (tertiary/aromatic N) is 1. The van der Waals surface area contributed by atoms with Gasteiger partial charge in [-0.2, -0.15) is 0 Å². The lowest BCUT2D eigenvalue weighted by Crippen LogP contribution is -2.51. The first-order valence-electron chi connectivity index (χ1n) is 10.2. The van der Waals surface area contributed by atoms with Crippen LogP contribution in [-0.2, 0) is 12.8 Å². The number of fused-ring (bicyclic) bond motifs is 3. The highest BCUT2D eigenvalue weighted by Crippen LogP contribution is 2.49. The minimum absolute atomic E-state index is 0.414. The Morgan fingerprint density at radius 1 is 1.04 bits per heavy atom. The van der Waals surface area contributed by atoms with Gasteiger partial charge in [0.15, 0.2) is 0 Å². The Morgan fingerprint density at radius 2 is 1.84 bits per heavy atom. The van der Waals surface area contributed by atoms with E-state index in [0.29, 0.717) is 11.6 Å². The molecule has 0 amide bonds. The van der Waals surface area contributed by atoms with Crippen molar-refractivity contribution >= 4 is 5.69 Å². The maximum atomic E-state index is 2.87. The van der Waals surface area contributed by atoms with Crippen LogP contribution in [0.4, 0.5) is 5.69 Å². The number of unbranched alkanes of at least 4 members (excludes halogenated alkanes) is 1. The van der Waals surface area contributed by atoms with Crippen LogP contribution in [0.15, 0.2) is 48.5 Å². The van der Waals surface area contributed by atoms with Crippen LogP contribution in [0.25, 0.3) is 0 Å². The minimum Gasteiger partial charge on any atom is -0.362 e. The van der Waals surface area contributed by atoms with Crippen molar-refractivity contribution in [3.8, 4) is 0 Å². The van der Waals surface area contributed by atoms with Crippen LogP contribution in [0, 0.1) is 6.92 Å². The molecule has 1 fully saturated rings. The van der Waals surface area contributed by atoms with Crippen molar-refractivity contribution in [1.82, 2.24) is 0 Å². The fourth-order valence-electron chi connectivity index (χ4n) is 5.26. The molecule has 1 nitrogen and oxygen atoms in total. The molecule has 2 heterocycles. The molecule has 2 aliphatic heterocycles. The van der Waals surface area contributed by atoms with Gasteiger partial charge in [-0.25, -0.2) is 0 Å². The fraction of sp³-hybridized carbons (Fsp3) is 0.500. The Labute approximate surface area is 153 Å². The second kappa shape index (κ2) is 6.86. The average Bonchev–Trinajstić information content (AvgIpc) is 3.01. The zero-order chi connectivity index (χ0) is 17.3. The first kappa shape index (κ1) is 16.7. The maximum absolute atomic E-state index is 2.87. The molecule has 1 heteroatoms. The molecule has 1 saturated heterocycles. The third-order valence-electron chi connectivity index (χ3n) is 6.64. The van der Waals surface area contributed by atoms with Gasteiger partial charge in [-0.3, -0.25) is 0 Å². The second-order valence-corrected chi connectivity index (χ2v) is 8.15. The fourth-order valence-corrected chi connectivity index (χ4v) is 5.26. The highest BCUT2D eigenvalue weighted by Gasteiger charge is 2.47. The Morgan fingerprint density at radius 3 is 2.68 bits per heavy atom. The number of anilines is 1. The summed E-state index contributed by atoms with van der Waals surface area (Å²) in [6.07, 6.45) is 10.5. The highest BCUT2D eigenvalue weighted by atomic mass is 15.3. The number of rotatable bonds is 5. The number of hydrogen-bond donors (Lipinski definition) is 0. The quantitative estimate of drug-likeness (QED) is 0.641. The van der Waals surface area contributed by atoms with Gasteiger partial charge in [-0.15, -0.1) is 0 Å². The van der Waals surface area contributed by atoms with E-state index in [1.54, 1.807) is 5.56 Å². The zero-order valence-corrected chi connectivity index (χ0v) is 15.8. The van der Waals surface area contributed by atoms with Crippen LogP contribution in [0.2, 0.25) is 0 Å². The van der Waals surface area contributed by atoms with Gasteiger partial charge in [-0.1, -0.05) is 62.2 Å². The molecule has 0 radical (unpaired) electrons. The van der Waals surface area contributed by atoms with Gasteiger partial charge in [0.2, 0.25) is 0 Å². The van der Waals surface area contributed by atoms with E-state index in [1.807, 2.05) is 0 Å². The molecule has 132 valence electrons.